The average molecular weight is 1560 g/mol. The van der Waals surface area contributed by atoms with Crippen LogP contribution in [0, 0.1) is 23.7 Å². The number of likely N-dealkylation sites (tertiary alicyclic amines) is 4. The highest BCUT2D eigenvalue weighted by atomic mass is 19.3. The number of rotatable bonds is 23. The number of nitrogens with one attached hydrogen (secondary N) is 4. The Balaban J connectivity index is 0.000000174. The first kappa shape index (κ1) is 83.3. The van der Waals surface area contributed by atoms with Gasteiger partial charge in [0.15, 0.2) is 28.8 Å². The highest BCUT2D eigenvalue weighted by molar-refractivity contribution is 6.09. The zero-order valence-corrected chi connectivity index (χ0v) is 62.0. The average Bonchev–Trinajstić information content (AvgIpc) is 1.18. The maximum Gasteiger partial charge on any atom is 0.586 e. The summed E-state index contributed by atoms with van der Waals surface area (Å²) >= 11 is 0. The van der Waals surface area contributed by atoms with Crippen molar-refractivity contribution in [3.63, 3.8) is 0 Å². The number of amides is 9. The molecule has 0 spiro atoms. The Morgan fingerprint density at radius 1 is 0.473 bits per heavy atom. The van der Waals surface area contributed by atoms with Gasteiger partial charge in [-0.2, -0.15) is 0 Å². The summed E-state index contributed by atoms with van der Waals surface area (Å²) in [6.07, 6.45) is 5.01. The third-order valence-corrected chi connectivity index (χ3v) is 19.4. The fraction of sp³-hybridized carbons (Fsp3) is 0.382. The summed E-state index contributed by atoms with van der Waals surface area (Å²) in [5.41, 5.74) is 28.1. The van der Waals surface area contributed by atoms with Crippen LogP contribution >= 0.6 is 0 Å². The summed E-state index contributed by atoms with van der Waals surface area (Å²) in [6, 6.07) is 14.9. The highest BCUT2D eigenvalue weighted by Crippen LogP contribution is 2.46. The molecule has 4 saturated heterocycles. The van der Waals surface area contributed by atoms with Gasteiger partial charge in [-0.05, 0) is 165 Å². The summed E-state index contributed by atoms with van der Waals surface area (Å²) in [4.78, 5) is 129. The van der Waals surface area contributed by atoms with E-state index in [0.29, 0.717) is 90.0 Å². The third-order valence-electron chi connectivity index (χ3n) is 19.4. The molecule has 4 aromatic heterocycles. The second kappa shape index (κ2) is 35.3. The van der Waals surface area contributed by atoms with Crippen molar-refractivity contribution in [1.82, 2.24) is 60.8 Å². The van der Waals surface area contributed by atoms with Gasteiger partial charge >= 0.3 is 54.6 Å². The molecule has 15 N–H and O–H groups in total. The molecule has 36 heteroatoms. The van der Waals surface area contributed by atoms with Gasteiger partial charge in [0.2, 0.25) is 5.91 Å². The number of fused-ring (bicyclic) bond motifs is 2. The van der Waals surface area contributed by atoms with Gasteiger partial charge in [-0.1, -0.05) is 71.9 Å². The summed E-state index contributed by atoms with van der Waals surface area (Å²) in [5.74, 6) is -4.89. The second-order valence-corrected chi connectivity index (χ2v) is 27.3. The van der Waals surface area contributed by atoms with E-state index in [2.05, 4.69) is 93.7 Å². The van der Waals surface area contributed by atoms with Crippen molar-refractivity contribution in [3.05, 3.63) is 180 Å². The first-order valence-corrected chi connectivity index (χ1v) is 35.7. The molecule has 4 fully saturated rings. The number of aromatic nitrogens is 4. The Labute approximate surface area is 640 Å². The molecule has 10 heterocycles. The van der Waals surface area contributed by atoms with Crippen molar-refractivity contribution in [1.29, 1.82) is 0 Å². The van der Waals surface area contributed by atoms with Crippen LogP contribution in [0.1, 0.15) is 119 Å². The minimum atomic E-state index is -3.75. The van der Waals surface area contributed by atoms with Gasteiger partial charge in [0.05, 0.1) is 18.0 Å². The van der Waals surface area contributed by atoms with Crippen LogP contribution in [0.5, 0.6) is 23.0 Å². The van der Waals surface area contributed by atoms with Crippen LogP contribution in [0.2, 0.25) is 0 Å². The van der Waals surface area contributed by atoms with Crippen molar-refractivity contribution in [2.24, 2.45) is 23.7 Å². The van der Waals surface area contributed by atoms with Crippen LogP contribution in [0.4, 0.5) is 60.0 Å². The Morgan fingerprint density at radius 3 is 1.16 bits per heavy atom. The van der Waals surface area contributed by atoms with Crippen molar-refractivity contribution in [3.8, 4) is 23.0 Å². The van der Waals surface area contributed by atoms with Crippen LogP contribution in [0.15, 0.2) is 147 Å². The van der Waals surface area contributed by atoms with E-state index < -0.39 is 103 Å². The Morgan fingerprint density at radius 2 is 0.812 bits per heavy atom. The van der Waals surface area contributed by atoms with Gasteiger partial charge in [0, 0.05) is 72.7 Å². The van der Waals surface area contributed by atoms with E-state index >= 15 is 0 Å². The van der Waals surface area contributed by atoms with Crippen molar-refractivity contribution < 1.29 is 95.0 Å². The largest absolute Gasteiger partial charge is 0.586 e. The van der Waals surface area contributed by atoms with Gasteiger partial charge in [-0.25, -0.2) is 53.5 Å². The zero-order chi connectivity index (χ0) is 82.0. The zero-order valence-electron chi connectivity index (χ0n) is 62.0. The Hall–Kier alpha value is -12.8. The summed E-state index contributed by atoms with van der Waals surface area (Å²) in [7, 11) is 1.42. The number of ketones is 1. The number of benzene rings is 2. The van der Waals surface area contributed by atoms with Crippen molar-refractivity contribution in [2.75, 3.05) is 30.0 Å². The number of carbonyl (C=O) groups excluding carboxylic acids is 6. The molecule has 6 aromatic rings. The molecule has 0 aliphatic carbocycles. The number of aliphatic carboxylic acids is 3. The number of pyridine rings is 4. The van der Waals surface area contributed by atoms with E-state index in [1.54, 1.807) is 73.9 Å². The molecule has 0 saturated carbocycles. The molecule has 0 bridgehead atoms. The number of carboxylic acids is 3. The number of hydrogen-bond acceptors (Lipinski definition) is 21. The predicted octanol–water partition coefficient (Wildman–Crippen LogP) is 9.32. The van der Waals surface area contributed by atoms with E-state index in [1.165, 1.54) is 61.6 Å². The smallest absolute Gasteiger partial charge is 0.480 e. The number of nitrogen functional groups attached to an aromatic ring is 4. The lowest BCUT2D eigenvalue weighted by Crippen LogP contribution is -2.67. The topological polar surface area (TPSA) is 468 Å². The van der Waals surface area contributed by atoms with Crippen molar-refractivity contribution in [2.45, 2.75) is 154 Å². The third kappa shape index (κ3) is 19.2. The number of nitrogens with two attached hydrogens (primary N) is 4. The summed E-state index contributed by atoms with van der Waals surface area (Å²) in [6.45, 7) is 20.8. The number of halogens is 4. The summed E-state index contributed by atoms with van der Waals surface area (Å²) < 4.78 is 70.9. The van der Waals surface area contributed by atoms with Crippen LogP contribution in [0.25, 0.3) is 0 Å². The van der Waals surface area contributed by atoms with Crippen LogP contribution in [0.3, 0.4) is 0 Å². The van der Waals surface area contributed by atoms with Gasteiger partial charge in [-0.3, -0.25) is 29.2 Å². The maximum atomic E-state index is 13.4. The molecule has 9 amide bonds. The molecule has 2 aromatic carbocycles. The Bertz CT molecular complexity index is 4610. The fourth-order valence-corrected chi connectivity index (χ4v) is 14.1. The highest BCUT2D eigenvalue weighted by Gasteiger charge is 2.55. The van der Waals surface area contributed by atoms with E-state index in [-0.39, 0.29) is 52.7 Å². The van der Waals surface area contributed by atoms with Gasteiger partial charge in [0.25, 0.3) is 0 Å². The molecule has 0 unspecified atom stereocenters. The lowest BCUT2D eigenvalue weighted by molar-refractivity contribution is -0.287. The van der Waals surface area contributed by atoms with E-state index in [4.69, 9.17) is 22.9 Å². The quantitative estimate of drug-likeness (QED) is 0.0210. The lowest BCUT2D eigenvalue weighted by Gasteiger charge is -2.47. The fourth-order valence-electron chi connectivity index (χ4n) is 14.1. The number of ether oxygens (including phenoxy) is 4. The first-order valence-electron chi connectivity index (χ1n) is 35.7. The number of nitrogens with zero attached hydrogens (tertiary/aromatic N) is 8. The molecule has 596 valence electrons. The number of anilines is 4. The summed E-state index contributed by atoms with van der Waals surface area (Å²) in [5, 5.41) is 39.9. The predicted molar refractivity (Wildman–Crippen MR) is 397 cm³/mol. The molecule has 10 atom stereocenters. The number of β-lactam (4-membered cyclic amide) rings is 1. The minimum absolute atomic E-state index is 0.0544. The number of Topliss-reactive ketones (excluding diaryl/α,β-unsaturated/α-hetero) is 1. The molecule has 12 rings (SSSR count). The maximum absolute atomic E-state index is 13.4. The number of hydrogen-bond donors (Lipinski definition) is 11. The van der Waals surface area contributed by atoms with E-state index in [0.717, 1.165) is 62.6 Å². The van der Waals surface area contributed by atoms with Gasteiger partial charge in [0.1, 0.15) is 47.4 Å². The molecule has 6 aliphatic rings. The lowest BCUT2D eigenvalue weighted by atomic mass is 9.80. The van der Waals surface area contributed by atoms with Crippen LogP contribution in [-0.4, -0.2) is 158 Å². The normalized spacial score (nSPS) is 20.8. The molecular weight excluding hydrogens is 1470 g/mol. The number of carbonyl (C=O) groups is 9. The molecule has 0 radical (unpaired) electrons. The van der Waals surface area contributed by atoms with E-state index in [1.807, 2.05) is 6.92 Å². The molecule has 32 nitrogen and oxygen atoms in total. The second-order valence-electron chi connectivity index (χ2n) is 27.3. The number of alkyl halides is 4. The molecule has 112 heavy (non-hydrogen) atoms. The number of urea groups is 4. The molecular formula is C76H88F4N16O16. The monoisotopic (exact) mass is 1560 g/mol. The van der Waals surface area contributed by atoms with E-state index in [9.17, 15) is 76.0 Å². The number of carboxylic acid groups (broad SMARTS) is 3. The van der Waals surface area contributed by atoms with Gasteiger partial charge < -0.3 is 78.5 Å². The number of imide groups is 1. The molecule has 6 aliphatic heterocycles. The first-order chi connectivity index (χ1) is 53.0. The standard InChI is InChI=1S/C23H24F2N4O5.C21H20F2N4O5.C19H28N4O3.C13H16N4O3/c1-3-4-16(14-5-6-17-18(11-14)34-23(24,25)33-17)28-22(32)29-12(2)15(20(29)21(30)31)9-13-7-8-27-19(26)10-13;1-10(13-3-4-15-16(9-13)32-21(22,23)31-15)26-20(30)27-11(2)14(18(27)19(28)29)7-12-5-6-25-17(24)8-12;1-4-6-14(7-5-2)22-19(26)23-12(3)15(17(23)18(24)25)10-13-8-9-21-16(20)11-13;1-7(18)11-9(12(19)17(11)13(20)15-2)5-8-3-4-16-10(14)6-8/h5-8,10-11,15-16,20H,2-4,9H2,1H3,(H2,26,27)(H,28,32)(H,30,31);3-6,8-10,14,18H,2,7H2,1H3,(H2,24,25)(H,26,30)(H,28,29);8-9,11,14-15,17H,3-7,10H2,1-2H3,(H2,20,21)(H,22,26)(H,24,25);3-4,6,9,11H,5H2,1-2H3,(H2,14,16)(H,15,20)/t15-,16+,20-;10-,14-,18-;15-,17-;9-,11-/m0001/s1. The SMILES string of the molecule is C=C1[C@H](Cc2ccnc(N)c2)[C@@H](C(=O)O)N1C(=O)NC(CCC)CCC.C=C1[C@H](Cc2ccnc(N)c2)[C@@H](C(=O)O)N1C(=O)N[C@@H](C)c1ccc2c(c1)OC(F)(F)O2.C=C1[C@H](Cc2ccnc(N)c2)[C@@H](C(=O)O)N1C(=O)N[C@H](CCC)c1ccc2c(c1)OC(F)(F)O2.CNC(=O)N1C(=O)[C@H](Cc2ccnc(N)c2)[C@H]1C(C)=O. The van der Waals surface area contributed by atoms with Crippen LogP contribution < -0.4 is 63.1 Å². The minimum Gasteiger partial charge on any atom is -0.480 e. The van der Waals surface area contributed by atoms with Crippen molar-refractivity contribution >= 4 is 77.0 Å². The van der Waals surface area contributed by atoms with Gasteiger partial charge in [-0.15, -0.1) is 17.6 Å². The Kier molecular flexibility index (Phi) is 26.2. The van der Waals surface area contributed by atoms with Crippen LogP contribution in [-0.2, 0) is 49.7 Å².